The molecule has 0 bridgehead atoms. The average Bonchev–Trinajstić information content (AvgIpc) is 3.16. The maximum absolute atomic E-state index is 12.9. The van der Waals surface area contributed by atoms with Crippen LogP contribution in [-0.2, 0) is 16.0 Å². The molecule has 4 aromatic rings. The van der Waals surface area contributed by atoms with Crippen molar-refractivity contribution >= 4 is 35.1 Å². The molecule has 2 amide bonds. The van der Waals surface area contributed by atoms with E-state index < -0.39 is 17.8 Å². The lowest BCUT2D eigenvalue weighted by molar-refractivity contribution is -0.137. The van der Waals surface area contributed by atoms with Gasteiger partial charge < -0.3 is 10.1 Å². The van der Waals surface area contributed by atoms with Gasteiger partial charge >= 0.3 is 5.97 Å². The molecule has 0 aliphatic carbocycles. The molecule has 0 unspecified atom stereocenters. The lowest BCUT2D eigenvalue weighted by Crippen LogP contribution is -2.34. The number of halogens is 1. The molecule has 0 saturated heterocycles. The number of carbonyl (C=O) groups is 3. The summed E-state index contributed by atoms with van der Waals surface area (Å²) in [5, 5.41) is 2.76. The Morgan fingerprint density at radius 2 is 1.34 bits per heavy atom. The van der Waals surface area contributed by atoms with Crippen molar-refractivity contribution in [3.8, 4) is 16.9 Å². The van der Waals surface area contributed by atoms with E-state index in [1.54, 1.807) is 36.4 Å². The van der Waals surface area contributed by atoms with Crippen LogP contribution in [0.2, 0.25) is 0 Å². The third kappa shape index (κ3) is 5.51. The van der Waals surface area contributed by atoms with Crippen LogP contribution in [0.15, 0.2) is 120 Å². The van der Waals surface area contributed by atoms with E-state index >= 15 is 0 Å². The van der Waals surface area contributed by atoms with Gasteiger partial charge in [0, 0.05) is 12.2 Å². The monoisotopic (exact) mass is 522 g/mol. The number of ether oxygens (including phenoxy) is 1. The van der Waals surface area contributed by atoms with Crippen LogP contribution in [0.1, 0.15) is 15.9 Å². The summed E-state index contributed by atoms with van der Waals surface area (Å²) in [4.78, 5) is 39.2. The number of imide groups is 1. The highest BCUT2D eigenvalue weighted by molar-refractivity contribution is 6.48. The number of carbonyl (C=O) groups excluding carboxylic acids is 3. The second-order valence-corrected chi connectivity index (χ2v) is 9.05. The van der Waals surface area contributed by atoms with E-state index in [0.717, 1.165) is 21.6 Å². The third-order valence-corrected chi connectivity index (χ3v) is 6.49. The molecular formula is C31H23ClN2O4. The number of hydrogen-bond acceptors (Lipinski definition) is 5. The van der Waals surface area contributed by atoms with Gasteiger partial charge in [0.1, 0.15) is 16.5 Å². The van der Waals surface area contributed by atoms with Gasteiger partial charge in [-0.25, -0.2) is 4.79 Å². The Balaban J connectivity index is 1.20. The topological polar surface area (TPSA) is 75.7 Å². The maximum atomic E-state index is 12.9. The molecule has 5 rings (SSSR count). The summed E-state index contributed by atoms with van der Waals surface area (Å²) in [6.45, 7) is 0.222. The van der Waals surface area contributed by atoms with Gasteiger partial charge in [0.05, 0.1) is 5.56 Å². The molecular weight excluding hydrogens is 500 g/mol. The zero-order valence-corrected chi connectivity index (χ0v) is 21.0. The van der Waals surface area contributed by atoms with Crippen molar-refractivity contribution in [2.24, 2.45) is 0 Å². The molecule has 38 heavy (non-hydrogen) atoms. The predicted molar refractivity (Wildman–Crippen MR) is 147 cm³/mol. The normalized spacial score (nSPS) is 13.1. The second kappa shape index (κ2) is 11.2. The highest BCUT2D eigenvalue weighted by Gasteiger charge is 2.37. The van der Waals surface area contributed by atoms with Gasteiger partial charge in [0.2, 0.25) is 0 Å². The van der Waals surface area contributed by atoms with Crippen LogP contribution in [0, 0.1) is 0 Å². The Morgan fingerprint density at radius 1 is 0.737 bits per heavy atom. The van der Waals surface area contributed by atoms with Gasteiger partial charge in [-0.3, -0.25) is 14.5 Å². The summed E-state index contributed by atoms with van der Waals surface area (Å²) in [6, 6.07) is 33.2. The highest BCUT2D eigenvalue weighted by atomic mass is 35.5. The van der Waals surface area contributed by atoms with Gasteiger partial charge in [-0.1, -0.05) is 84.4 Å². The minimum atomic E-state index is -0.534. The van der Waals surface area contributed by atoms with Crippen molar-refractivity contribution in [1.82, 2.24) is 4.90 Å². The van der Waals surface area contributed by atoms with Crippen molar-refractivity contribution in [1.29, 1.82) is 0 Å². The lowest BCUT2D eigenvalue weighted by Gasteiger charge is -2.15. The Labute approximate surface area is 225 Å². The molecule has 0 saturated carbocycles. The summed E-state index contributed by atoms with van der Waals surface area (Å²) in [5.74, 6) is -1.10. The lowest BCUT2D eigenvalue weighted by atomic mass is 10.1. The van der Waals surface area contributed by atoms with E-state index in [4.69, 9.17) is 16.3 Å². The minimum Gasteiger partial charge on any atom is -0.423 e. The van der Waals surface area contributed by atoms with E-state index in [-0.39, 0.29) is 17.3 Å². The molecule has 188 valence electrons. The number of amides is 2. The molecule has 6 nitrogen and oxygen atoms in total. The number of anilines is 1. The van der Waals surface area contributed by atoms with Gasteiger partial charge in [0.15, 0.2) is 0 Å². The van der Waals surface area contributed by atoms with Crippen LogP contribution in [0.25, 0.3) is 11.1 Å². The first-order chi connectivity index (χ1) is 18.5. The quantitative estimate of drug-likeness (QED) is 0.173. The Hall–Kier alpha value is -4.68. The van der Waals surface area contributed by atoms with Crippen molar-refractivity contribution in [2.45, 2.75) is 6.42 Å². The molecule has 7 heteroatoms. The van der Waals surface area contributed by atoms with Crippen LogP contribution >= 0.6 is 11.6 Å². The fourth-order valence-corrected chi connectivity index (χ4v) is 4.32. The predicted octanol–water partition coefficient (Wildman–Crippen LogP) is 6.05. The molecule has 0 aromatic heterocycles. The highest BCUT2D eigenvalue weighted by Crippen LogP contribution is 2.27. The summed E-state index contributed by atoms with van der Waals surface area (Å²) in [6.07, 6.45) is 0.529. The van der Waals surface area contributed by atoms with Crippen molar-refractivity contribution in [3.05, 3.63) is 131 Å². The molecule has 4 aromatic carbocycles. The van der Waals surface area contributed by atoms with Crippen molar-refractivity contribution in [2.75, 3.05) is 11.9 Å². The number of nitrogens with zero attached hydrogens (tertiary/aromatic N) is 1. The first-order valence-corrected chi connectivity index (χ1v) is 12.4. The third-order valence-electron chi connectivity index (χ3n) is 6.14. The number of hydrogen-bond donors (Lipinski definition) is 1. The standard InChI is InChI=1S/C31H23ClN2O4/c32-27-28(30(36)34(29(27)35)20-19-21-7-3-1-4-8-21)33-25-15-11-24(12-16-25)31(37)38-26-17-13-23(14-18-26)22-9-5-2-6-10-22/h1-18,33H,19-20H2. The Bertz CT molecular complexity index is 1500. The molecule has 0 spiro atoms. The molecule has 0 radical (unpaired) electrons. The number of nitrogens with one attached hydrogen (secondary N) is 1. The van der Waals surface area contributed by atoms with Crippen molar-refractivity contribution in [3.63, 3.8) is 0 Å². The molecule has 0 atom stereocenters. The molecule has 1 aliphatic rings. The maximum Gasteiger partial charge on any atom is 0.343 e. The van der Waals surface area contributed by atoms with Gasteiger partial charge in [-0.2, -0.15) is 0 Å². The number of esters is 1. The van der Waals surface area contributed by atoms with Gasteiger partial charge in [-0.15, -0.1) is 0 Å². The fraction of sp³-hybridized carbons (Fsp3) is 0.0645. The van der Waals surface area contributed by atoms with E-state index in [9.17, 15) is 14.4 Å². The van der Waals surface area contributed by atoms with Gasteiger partial charge in [-0.05, 0) is 59.5 Å². The zero-order valence-electron chi connectivity index (χ0n) is 20.3. The SMILES string of the molecule is O=C(Oc1ccc(-c2ccccc2)cc1)c1ccc(NC2=C(Cl)C(=O)N(CCc3ccccc3)C2=O)cc1. The fourth-order valence-electron chi connectivity index (χ4n) is 4.09. The molecule has 1 heterocycles. The Kier molecular flexibility index (Phi) is 7.33. The van der Waals surface area contributed by atoms with Crippen LogP contribution in [0.3, 0.4) is 0 Å². The summed E-state index contributed by atoms with van der Waals surface area (Å²) < 4.78 is 5.50. The molecule has 1 N–H and O–H groups in total. The zero-order chi connectivity index (χ0) is 26.5. The largest absolute Gasteiger partial charge is 0.423 e. The van der Waals surface area contributed by atoms with Crippen LogP contribution < -0.4 is 10.1 Å². The summed E-state index contributed by atoms with van der Waals surface area (Å²) >= 11 is 6.20. The first-order valence-electron chi connectivity index (χ1n) is 12.0. The average molecular weight is 523 g/mol. The smallest absolute Gasteiger partial charge is 0.343 e. The van der Waals surface area contributed by atoms with Crippen molar-refractivity contribution < 1.29 is 19.1 Å². The number of rotatable bonds is 8. The first kappa shape index (κ1) is 25.0. The molecule has 1 aliphatic heterocycles. The molecule has 0 fully saturated rings. The van der Waals surface area contributed by atoms with E-state index in [2.05, 4.69) is 5.32 Å². The minimum absolute atomic E-state index is 0.0126. The number of benzene rings is 4. The Morgan fingerprint density at radius 3 is 2.00 bits per heavy atom. The summed E-state index contributed by atoms with van der Waals surface area (Å²) in [7, 11) is 0. The van der Waals surface area contributed by atoms with E-state index in [0.29, 0.717) is 23.4 Å². The summed E-state index contributed by atoms with van der Waals surface area (Å²) in [5.41, 5.74) is 3.96. The van der Waals surface area contributed by atoms with Crippen LogP contribution in [0.5, 0.6) is 5.75 Å². The van der Waals surface area contributed by atoms with Crippen LogP contribution in [-0.4, -0.2) is 29.2 Å². The van der Waals surface area contributed by atoms with E-state index in [1.165, 1.54) is 0 Å². The second-order valence-electron chi connectivity index (χ2n) is 8.67. The van der Waals surface area contributed by atoms with Gasteiger partial charge in [0.25, 0.3) is 11.8 Å². The van der Waals surface area contributed by atoms with E-state index in [1.807, 2.05) is 72.8 Å². The van der Waals surface area contributed by atoms with Crippen LogP contribution in [0.4, 0.5) is 5.69 Å².